The fourth-order valence-electron chi connectivity index (χ4n) is 3.09. The number of anilines is 1. The number of rotatable bonds is 4. The molecular weight excluding hydrogens is 360 g/mol. The second-order valence-electron chi connectivity index (χ2n) is 6.48. The third-order valence-corrected chi connectivity index (χ3v) is 4.54. The predicted octanol–water partition coefficient (Wildman–Crippen LogP) is 2.78. The van der Waals surface area contributed by atoms with E-state index in [-0.39, 0.29) is 17.9 Å². The lowest BCUT2D eigenvalue weighted by atomic mass is 10.2. The first kappa shape index (κ1) is 17.8. The molecule has 1 aliphatic rings. The van der Waals surface area contributed by atoms with E-state index in [2.05, 4.69) is 15.6 Å². The molecule has 0 aliphatic carbocycles. The molecular formula is C20H20N4O4. The van der Waals surface area contributed by atoms with E-state index in [1.54, 1.807) is 24.4 Å². The lowest BCUT2D eigenvalue weighted by molar-refractivity contribution is 0.174. The molecule has 2 amide bonds. The topological polar surface area (TPSA) is 94.5 Å². The van der Waals surface area contributed by atoms with E-state index in [1.807, 2.05) is 30.5 Å². The Labute approximate surface area is 161 Å². The van der Waals surface area contributed by atoms with Gasteiger partial charge in [-0.2, -0.15) is 0 Å². The van der Waals surface area contributed by atoms with Gasteiger partial charge in [0.2, 0.25) is 12.2 Å². The van der Waals surface area contributed by atoms with Gasteiger partial charge in [0, 0.05) is 25.0 Å². The SMILES string of the molecule is CCn1cc(NC(=O)NCc2ccc3c(c2)OCO3)c(=O)c2ccc(C)nc21. The third-order valence-electron chi connectivity index (χ3n) is 4.54. The lowest BCUT2D eigenvalue weighted by Crippen LogP contribution is -2.31. The van der Waals surface area contributed by atoms with Crippen molar-refractivity contribution in [2.24, 2.45) is 0 Å². The maximum absolute atomic E-state index is 12.7. The third kappa shape index (κ3) is 3.36. The highest BCUT2D eigenvalue weighted by Crippen LogP contribution is 2.32. The van der Waals surface area contributed by atoms with Crippen LogP contribution in [0.3, 0.4) is 0 Å². The van der Waals surface area contributed by atoms with Gasteiger partial charge in [0.15, 0.2) is 11.5 Å². The molecule has 0 saturated carbocycles. The van der Waals surface area contributed by atoms with Crippen LogP contribution >= 0.6 is 0 Å². The number of nitrogens with one attached hydrogen (secondary N) is 2. The monoisotopic (exact) mass is 380 g/mol. The normalized spacial score (nSPS) is 12.2. The summed E-state index contributed by atoms with van der Waals surface area (Å²) in [5.74, 6) is 1.34. The minimum absolute atomic E-state index is 0.201. The van der Waals surface area contributed by atoms with Crippen LogP contribution in [-0.4, -0.2) is 22.4 Å². The average Bonchev–Trinajstić information content (AvgIpc) is 3.16. The largest absolute Gasteiger partial charge is 0.454 e. The van der Waals surface area contributed by atoms with Gasteiger partial charge in [-0.1, -0.05) is 6.07 Å². The molecule has 4 rings (SSSR count). The summed E-state index contributed by atoms with van der Waals surface area (Å²) in [7, 11) is 0. The molecule has 8 heteroatoms. The Morgan fingerprint density at radius 3 is 2.86 bits per heavy atom. The van der Waals surface area contributed by atoms with Gasteiger partial charge >= 0.3 is 6.03 Å². The van der Waals surface area contributed by atoms with Crippen molar-refractivity contribution in [3.8, 4) is 11.5 Å². The molecule has 0 unspecified atom stereocenters. The van der Waals surface area contributed by atoms with E-state index < -0.39 is 6.03 Å². The second-order valence-corrected chi connectivity index (χ2v) is 6.48. The van der Waals surface area contributed by atoms with Gasteiger partial charge in [0.25, 0.3) is 0 Å². The van der Waals surface area contributed by atoms with E-state index in [0.29, 0.717) is 35.6 Å². The molecule has 28 heavy (non-hydrogen) atoms. The first-order valence-corrected chi connectivity index (χ1v) is 8.99. The molecule has 0 saturated heterocycles. The zero-order valence-corrected chi connectivity index (χ0v) is 15.6. The van der Waals surface area contributed by atoms with Crippen molar-refractivity contribution in [1.82, 2.24) is 14.9 Å². The van der Waals surface area contributed by atoms with Crippen molar-refractivity contribution in [1.29, 1.82) is 0 Å². The Hall–Kier alpha value is -3.55. The van der Waals surface area contributed by atoms with E-state index in [0.717, 1.165) is 11.3 Å². The summed E-state index contributed by atoms with van der Waals surface area (Å²) in [6.07, 6.45) is 1.62. The number of hydrogen-bond acceptors (Lipinski definition) is 5. The van der Waals surface area contributed by atoms with Crippen LogP contribution in [0.2, 0.25) is 0 Å². The first-order chi connectivity index (χ1) is 13.5. The minimum atomic E-state index is -0.461. The summed E-state index contributed by atoms with van der Waals surface area (Å²) >= 11 is 0. The number of benzene rings is 1. The number of aryl methyl sites for hydroxylation is 2. The first-order valence-electron chi connectivity index (χ1n) is 8.99. The lowest BCUT2D eigenvalue weighted by Gasteiger charge is -2.13. The summed E-state index contributed by atoms with van der Waals surface area (Å²) in [5, 5.41) is 5.87. The molecule has 3 heterocycles. The van der Waals surface area contributed by atoms with Crippen molar-refractivity contribution in [3.05, 3.63) is 58.0 Å². The number of aromatic nitrogens is 2. The van der Waals surface area contributed by atoms with E-state index in [4.69, 9.17) is 9.47 Å². The molecule has 144 valence electrons. The number of urea groups is 1. The molecule has 1 aromatic carbocycles. The molecule has 0 spiro atoms. The fraction of sp³-hybridized carbons (Fsp3) is 0.250. The zero-order chi connectivity index (χ0) is 19.7. The number of pyridine rings is 2. The van der Waals surface area contributed by atoms with Crippen LogP contribution in [0.25, 0.3) is 11.0 Å². The van der Waals surface area contributed by atoms with Crippen molar-refractivity contribution < 1.29 is 14.3 Å². The molecule has 2 aromatic heterocycles. The van der Waals surface area contributed by atoms with Crippen LogP contribution in [0.5, 0.6) is 11.5 Å². The Morgan fingerprint density at radius 1 is 1.21 bits per heavy atom. The smallest absolute Gasteiger partial charge is 0.319 e. The highest BCUT2D eigenvalue weighted by Gasteiger charge is 2.15. The molecule has 0 atom stereocenters. The average molecular weight is 380 g/mol. The van der Waals surface area contributed by atoms with Gasteiger partial charge in [-0.3, -0.25) is 4.79 Å². The Kier molecular flexibility index (Phi) is 4.60. The summed E-state index contributed by atoms with van der Waals surface area (Å²) in [5.41, 5.74) is 2.26. The van der Waals surface area contributed by atoms with E-state index in [9.17, 15) is 9.59 Å². The Bertz CT molecular complexity index is 1120. The number of nitrogens with zero attached hydrogens (tertiary/aromatic N) is 2. The summed E-state index contributed by atoms with van der Waals surface area (Å²) in [6, 6.07) is 8.53. The van der Waals surface area contributed by atoms with Crippen LogP contribution in [0.15, 0.2) is 41.3 Å². The van der Waals surface area contributed by atoms with E-state index in [1.165, 1.54) is 0 Å². The zero-order valence-electron chi connectivity index (χ0n) is 15.6. The highest BCUT2D eigenvalue weighted by atomic mass is 16.7. The molecule has 3 aromatic rings. The molecule has 0 radical (unpaired) electrons. The number of fused-ring (bicyclic) bond motifs is 2. The number of amides is 2. The van der Waals surface area contributed by atoms with Crippen molar-refractivity contribution in [2.75, 3.05) is 12.1 Å². The molecule has 0 bridgehead atoms. The van der Waals surface area contributed by atoms with Gasteiger partial charge in [0.1, 0.15) is 11.3 Å². The summed E-state index contributed by atoms with van der Waals surface area (Å²) in [4.78, 5) is 29.5. The predicted molar refractivity (Wildman–Crippen MR) is 105 cm³/mol. The quantitative estimate of drug-likeness (QED) is 0.726. The number of hydrogen-bond donors (Lipinski definition) is 2. The van der Waals surface area contributed by atoms with Crippen LogP contribution in [-0.2, 0) is 13.1 Å². The van der Waals surface area contributed by atoms with Crippen molar-refractivity contribution >= 4 is 22.8 Å². The summed E-state index contributed by atoms with van der Waals surface area (Å²) in [6.45, 7) is 4.95. The molecule has 8 nitrogen and oxygen atoms in total. The van der Waals surface area contributed by atoms with Gasteiger partial charge in [-0.15, -0.1) is 0 Å². The van der Waals surface area contributed by atoms with Crippen LogP contribution in [0, 0.1) is 6.92 Å². The second kappa shape index (κ2) is 7.22. The minimum Gasteiger partial charge on any atom is -0.454 e. The molecule has 2 N–H and O–H groups in total. The van der Waals surface area contributed by atoms with Gasteiger partial charge in [0.05, 0.1) is 5.39 Å². The standard InChI is InChI=1S/C20H20N4O4/c1-3-24-10-15(18(25)14-6-4-12(2)22-19(14)24)23-20(26)21-9-13-5-7-16-17(8-13)28-11-27-16/h4-8,10H,3,9,11H2,1-2H3,(H2,21,23,26). The molecule has 0 fully saturated rings. The maximum atomic E-state index is 12.7. The van der Waals surface area contributed by atoms with Crippen LogP contribution < -0.4 is 25.5 Å². The Balaban J connectivity index is 1.51. The van der Waals surface area contributed by atoms with Gasteiger partial charge < -0.3 is 24.7 Å². The van der Waals surface area contributed by atoms with Crippen LogP contribution in [0.1, 0.15) is 18.2 Å². The Morgan fingerprint density at radius 2 is 2.04 bits per heavy atom. The van der Waals surface area contributed by atoms with Crippen molar-refractivity contribution in [2.45, 2.75) is 26.9 Å². The number of carbonyl (C=O) groups is 1. The number of ether oxygens (including phenoxy) is 2. The van der Waals surface area contributed by atoms with Gasteiger partial charge in [-0.25, -0.2) is 9.78 Å². The highest BCUT2D eigenvalue weighted by molar-refractivity contribution is 5.91. The van der Waals surface area contributed by atoms with Crippen LogP contribution in [0.4, 0.5) is 10.5 Å². The summed E-state index contributed by atoms with van der Waals surface area (Å²) < 4.78 is 12.4. The maximum Gasteiger partial charge on any atom is 0.319 e. The van der Waals surface area contributed by atoms with Crippen molar-refractivity contribution in [3.63, 3.8) is 0 Å². The fourth-order valence-corrected chi connectivity index (χ4v) is 3.09. The van der Waals surface area contributed by atoms with E-state index >= 15 is 0 Å². The van der Waals surface area contributed by atoms with Gasteiger partial charge in [-0.05, 0) is 43.7 Å². The number of carbonyl (C=O) groups excluding carboxylic acids is 1. The molecule has 1 aliphatic heterocycles.